The van der Waals surface area contributed by atoms with Crippen molar-refractivity contribution in [2.45, 2.75) is 39.3 Å². The van der Waals surface area contributed by atoms with Gasteiger partial charge in [-0.2, -0.15) is 5.10 Å². The Kier molecular flexibility index (Phi) is 3.17. The third-order valence-electron chi connectivity index (χ3n) is 3.83. The van der Waals surface area contributed by atoms with Crippen LogP contribution in [0.3, 0.4) is 0 Å². The first kappa shape index (κ1) is 13.1. The summed E-state index contributed by atoms with van der Waals surface area (Å²) in [5, 5.41) is 16.4. The first-order chi connectivity index (χ1) is 9.58. The number of aryl methyl sites for hydroxylation is 2. The van der Waals surface area contributed by atoms with Gasteiger partial charge in [-0.25, -0.2) is 4.68 Å². The van der Waals surface area contributed by atoms with Crippen LogP contribution < -0.4 is 0 Å². The van der Waals surface area contributed by atoms with Crippen molar-refractivity contribution in [1.82, 2.24) is 9.78 Å². The van der Waals surface area contributed by atoms with Crippen LogP contribution in [0.15, 0.2) is 12.1 Å². The van der Waals surface area contributed by atoms with E-state index in [-0.39, 0.29) is 16.8 Å². The van der Waals surface area contributed by atoms with E-state index < -0.39 is 0 Å². The Morgan fingerprint density at radius 3 is 2.85 bits per heavy atom. The zero-order chi connectivity index (χ0) is 14.3. The first-order valence-electron chi connectivity index (χ1n) is 6.83. The fourth-order valence-corrected chi connectivity index (χ4v) is 2.76. The van der Waals surface area contributed by atoms with Crippen LogP contribution in [0.25, 0.3) is 10.9 Å². The molecule has 1 atom stereocenters. The average Bonchev–Trinajstić information content (AvgIpc) is 2.75. The molecular formula is C14H17N3O3. The number of hydrogen-bond donors (Lipinski definition) is 0. The van der Waals surface area contributed by atoms with E-state index in [4.69, 9.17) is 4.74 Å². The van der Waals surface area contributed by atoms with E-state index in [1.165, 1.54) is 0 Å². The van der Waals surface area contributed by atoms with Gasteiger partial charge in [0, 0.05) is 23.6 Å². The van der Waals surface area contributed by atoms with Gasteiger partial charge in [0.05, 0.1) is 16.1 Å². The van der Waals surface area contributed by atoms with Crippen molar-refractivity contribution in [2.75, 3.05) is 6.61 Å². The lowest BCUT2D eigenvalue weighted by Gasteiger charge is -2.23. The third kappa shape index (κ3) is 2.06. The van der Waals surface area contributed by atoms with Crippen molar-refractivity contribution in [3.63, 3.8) is 0 Å². The number of fused-ring (bicyclic) bond motifs is 1. The first-order valence-corrected chi connectivity index (χ1v) is 6.83. The van der Waals surface area contributed by atoms with Crippen molar-refractivity contribution in [3.05, 3.63) is 33.5 Å². The van der Waals surface area contributed by atoms with Crippen LogP contribution in [0.4, 0.5) is 5.69 Å². The van der Waals surface area contributed by atoms with Crippen LogP contribution in [0.5, 0.6) is 0 Å². The van der Waals surface area contributed by atoms with Crippen molar-refractivity contribution < 1.29 is 9.66 Å². The van der Waals surface area contributed by atoms with Crippen molar-refractivity contribution in [3.8, 4) is 0 Å². The predicted octanol–water partition coefficient (Wildman–Crippen LogP) is 3.26. The van der Waals surface area contributed by atoms with Gasteiger partial charge in [-0.05, 0) is 39.2 Å². The quantitative estimate of drug-likeness (QED) is 0.623. The number of nitro groups is 1. The van der Waals surface area contributed by atoms with Gasteiger partial charge in [0.1, 0.15) is 0 Å². The van der Waals surface area contributed by atoms with Crippen LogP contribution in [-0.4, -0.2) is 21.3 Å². The summed E-state index contributed by atoms with van der Waals surface area (Å²) in [5.74, 6) is 0. The predicted molar refractivity (Wildman–Crippen MR) is 74.7 cm³/mol. The molecule has 6 heteroatoms. The van der Waals surface area contributed by atoms with Crippen LogP contribution in [0, 0.1) is 24.0 Å². The van der Waals surface area contributed by atoms with Crippen LogP contribution in [0.1, 0.15) is 36.7 Å². The van der Waals surface area contributed by atoms with E-state index in [1.807, 2.05) is 17.7 Å². The summed E-state index contributed by atoms with van der Waals surface area (Å²) in [6.07, 6.45) is 3.09. The molecule has 1 aromatic carbocycles. The molecule has 106 valence electrons. The second kappa shape index (κ2) is 4.86. The Bertz CT molecular complexity index is 672. The lowest BCUT2D eigenvalue weighted by molar-refractivity contribution is -0.385. The molecule has 0 amide bonds. The van der Waals surface area contributed by atoms with Crippen LogP contribution in [-0.2, 0) is 4.74 Å². The minimum atomic E-state index is -0.345. The molecule has 1 saturated heterocycles. The van der Waals surface area contributed by atoms with E-state index in [1.54, 1.807) is 13.0 Å². The fraction of sp³-hybridized carbons (Fsp3) is 0.500. The Morgan fingerprint density at radius 2 is 2.20 bits per heavy atom. The van der Waals surface area contributed by atoms with Gasteiger partial charge in [-0.1, -0.05) is 0 Å². The highest BCUT2D eigenvalue weighted by atomic mass is 16.6. The molecule has 1 aliphatic heterocycles. The number of hydrogen-bond acceptors (Lipinski definition) is 4. The minimum absolute atomic E-state index is 0.0548. The number of ether oxygens (including phenoxy) is 1. The smallest absolute Gasteiger partial charge is 0.273 e. The van der Waals surface area contributed by atoms with Crippen molar-refractivity contribution >= 4 is 16.6 Å². The number of benzene rings is 1. The highest BCUT2D eigenvalue weighted by molar-refractivity contribution is 5.85. The van der Waals surface area contributed by atoms with Gasteiger partial charge >= 0.3 is 0 Å². The molecule has 0 aliphatic carbocycles. The highest BCUT2D eigenvalue weighted by Crippen LogP contribution is 2.31. The maximum Gasteiger partial charge on any atom is 0.273 e. The minimum Gasteiger partial charge on any atom is -0.356 e. The maximum atomic E-state index is 11.0. The largest absolute Gasteiger partial charge is 0.356 e. The van der Waals surface area contributed by atoms with E-state index in [0.29, 0.717) is 5.56 Å². The maximum absolute atomic E-state index is 11.0. The van der Waals surface area contributed by atoms with E-state index in [9.17, 15) is 10.1 Å². The van der Waals surface area contributed by atoms with Crippen molar-refractivity contribution in [1.29, 1.82) is 0 Å². The van der Waals surface area contributed by atoms with Crippen LogP contribution in [0.2, 0.25) is 0 Å². The Balaban J connectivity index is 2.15. The summed E-state index contributed by atoms with van der Waals surface area (Å²) in [4.78, 5) is 10.7. The summed E-state index contributed by atoms with van der Waals surface area (Å²) >= 11 is 0. The van der Waals surface area contributed by atoms with Gasteiger partial charge in [0.25, 0.3) is 5.69 Å². The molecule has 0 bridgehead atoms. The molecule has 1 aromatic heterocycles. The lowest BCUT2D eigenvalue weighted by Crippen LogP contribution is -2.19. The van der Waals surface area contributed by atoms with Gasteiger partial charge in [-0.3, -0.25) is 10.1 Å². The van der Waals surface area contributed by atoms with E-state index >= 15 is 0 Å². The molecule has 1 fully saturated rings. The molecule has 2 heterocycles. The fourth-order valence-electron chi connectivity index (χ4n) is 2.76. The third-order valence-corrected chi connectivity index (χ3v) is 3.83. The molecular weight excluding hydrogens is 258 g/mol. The molecule has 0 radical (unpaired) electrons. The standard InChI is InChI=1S/C14H17N3O3/c1-9-7-13-11(8-12(9)17(18)19)10(2)15-16(13)14-5-3-4-6-20-14/h7-8,14H,3-6H2,1-2H3. The normalized spacial score (nSPS) is 19.4. The number of nitro benzene ring substituents is 1. The zero-order valence-electron chi connectivity index (χ0n) is 11.6. The molecule has 1 aliphatic rings. The van der Waals surface area contributed by atoms with Gasteiger partial charge in [-0.15, -0.1) is 0 Å². The Morgan fingerprint density at radius 1 is 1.40 bits per heavy atom. The molecule has 20 heavy (non-hydrogen) atoms. The van der Waals surface area contributed by atoms with Gasteiger partial charge in [0.15, 0.2) is 6.23 Å². The van der Waals surface area contributed by atoms with Crippen molar-refractivity contribution in [2.24, 2.45) is 0 Å². The summed E-state index contributed by atoms with van der Waals surface area (Å²) in [6.45, 7) is 4.38. The monoisotopic (exact) mass is 275 g/mol. The number of aromatic nitrogens is 2. The SMILES string of the molecule is Cc1cc2c(cc1[N+](=O)[O-])c(C)nn2C1CCCCO1. The summed E-state index contributed by atoms with van der Waals surface area (Å²) < 4.78 is 7.65. The average molecular weight is 275 g/mol. The Hall–Kier alpha value is -1.95. The molecule has 6 nitrogen and oxygen atoms in total. The van der Waals surface area contributed by atoms with Gasteiger partial charge in [0.2, 0.25) is 0 Å². The lowest BCUT2D eigenvalue weighted by atomic mass is 10.1. The molecule has 0 N–H and O–H groups in total. The number of nitrogens with zero attached hydrogens (tertiary/aromatic N) is 3. The second-order valence-electron chi connectivity index (χ2n) is 5.26. The summed E-state index contributed by atoms with van der Waals surface area (Å²) in [6, 6.07) is 3.46. The zero-order valence-corrected chi connectivity index (χ0v) is 11.6. The van der Waals surface area contributed by atoms with Crippen LogP contribution >= 0.6 is 0 Å². The van der Waals surface area contributed by atoms with E-state index in [0.717, 1.165) is 42.5 Å². The molecule has 1 unspecified atom stereocenters. The van der Waals surface area contributed by atoms with E-state index in [2.05, 4.69) is 5.10 Å². The molecule has 0 saturated carbocycles. The molecule has 2 aromatic rings. The highest BCUT2D eigenvalue weighted by Gasteiger charge is 2.22. The molecule has 3 rings (SSSR count). The van der Waals surface area contributed by atoms with Gasteiger partial charge < -0.3 is 4.74 Å². The molecule has 0 spiro atoms. The topological polar surface area (TPSA) is 70.2 Å². The Labute approximate surface area is 116 Å². The summed E-state index contributed by atoms with van der Waals surface area (Å²) in [7, 11) is 0. The second-order valence-corrected chi connectivity index (χ2v) is 5.26. The number of rotatable bonds is 2. The summed E-state index contributed by atoms with van der Waals surface area (Å²) in [5.41, 5.74) is 2.51.